The van der Waals surface area contributed by atoms with Crippen LogP contribution in [0.15, 0.2) is 270 Å². The van der Waals surface area contributed by atoms with E-state index in [1.165, 1.54) is 38.9 Å². The molecule has 0 fully saturated rings. The molecule has 0 saturated heterocycles. The van der Waals surface area contributed by atoms with E-state index >= 15 is 0 Å². The summed E-state index contributed by atoms with van der Waals surface area (Å²) in [5, 5.41) is 3.97. The van der Waals surface area contributed by atoms with Crippen LogP contribution in [0, 0.1) is 0 Å². The second-order valence-corrected chi connectivity index (χ2v) is 19.4. The zero-order chi connectivity index (χ0) is 49.5. The van der Waals surface area contributed by atoms with E-state index in [0.717, 1.165) is 88.4 Å². The van der Waals surface area contributed by atoms with Gasteiger partial charge in [0.15, 0.2) is 17.5 Å². The summed E-state index contributed by atoms with van der Waals surface area (Å²) in [5.74, 6) is 1.62. The molecule has 15 rings (SSSR count). The zero-order valence-electron chi connectivity index (χ0n) is 40.5. The Morgan fingerprint density at radius 1 is 0.280 bits per heavy atom. The number of fused-ring (bicyclic) bond motifs is 9. The first-order chi connectivity index (χ1) is 37.2. The van der Waals surface area contributed by atoms with Crippen molar-refractivity contribution < 1.29 is 8.83 Å². The monoisotopic (exact) mass is 957 g/mol. The van der Waals surface area contributed by atoms with Gasteiger partial charge in [0.05, 0.1) is 11.0 Å². The first-order valence-corrected chi connectivity index (χ1v) is 25.4. The average molecular weight is 958 g/mol. The van der Waals surface area contributed by atoms with Crippen LogP contribution in [-0.2, 0) is 5.41 Å². The van der Waals surface area contributed by atoms with Crippen molar-refractivity contribution in [2.75, 3.05) is 0 Å². The lowest BCUT2D eigenvalue weighted by atomic mass is 9.67. The maximum absolute atomic E-state index is 6.63. The maximum atomic E-state index is 6.63. The Bertz CT molecular complexity index is 4480. The summed E-state index contributed by atoms with van der Waals surface area (Å²) in [6.07, 6.45) is 0. The maximum Gasteiger partial charge on any atom is 0.167 e. The van der Waals surface area contributed by atoms with Gasteiger partial charge >= 0.3 is 0 Å². The standard InChI is InChI=1S/C70H43N3O2/c1-4-18-44(19-5-1)47-20-14-21-49(42-47)67-71-68(73-69(72-67)57-31-15-29-54-53-26-11-13-34-61(53)75-66(54)57)56-30-17-35-63-65(56)58-43-48(40-41-62(58)74-63)45-36-38-46(39-37-45)52-28-16-33-60-64(52)55-27-10-12-32-59(55)70(60,50-22-6-2-7-23-50)51-24-8-3-9-25-51/h1-43H. The van der Waals surface area contributed by atoms with E-state index in [9.17, 15) is 0 Å². The predicted octanol–water partition coefficient (Wildman–Crippen LogP) is 18.0. The van der Waals surface area contributed by atoms with Crippen LogP contribution in [-0.4, -0.2) is 15.0 Å². The van der Waals surface area contributed by atoms with Gasteiger partial charge in [-0.25, -0.2) is 15.0 Å². The molecule has 1 aliphatic rings. The van der Waals surface area contributed by atoms with Crippen molar-refractivity contribution in [2.24, 2.45) is 0 Å². The Morgan fingerprint density at radius 2 is 0.787 bits per heavy atom. The smallest absolute Gasteiger partial charge is 0.167 e. The van der Waals surface area contributed by atoms with E-state index in [1.54, 1.807) is 0 Å². The third-order valence-electron chi connectivity index (χ3n) is 15.3. The van der Waals surface area contributed by atoms with Crippen molar-refractivity contribution in [3.63, 3.8) is 0 Å². The Kier molecular flexibility index (Phi) is 9.72. The minimum Gasteiger partial charge on any atom is -0.456 e. The second-order valence-electron chi connectivity index (χ2n) is 19.4. The molecule has 0 amide bonds. The van der Waals surface area contributed by atoms with Gasteiger partial charge in [0, 0.05) is 32.7 Å². The lowest BCUT2D eigenvalue weighted by Gasteiger charge is -2.34. The summed E-state index contributed by atoms with van der Waals surface area (Å²) >= 11 is 0. The molecule has 0 bridgehead atoms. The molecule has 0 unspecified atom stereocenters. The van der Waals surface area contributed by atoms with Crippen LogP contribution in [0.3, 0.4) is 0 Å². The summed E-state index contributed by atoms with van der Waals surface area (Å²) < 4.78 is 13.2. The normalized spacial score (nSPS) is 12.6. The van der Waals surface area contributed by atoms with Crippen LogP contribution in [0.2, 0.25) is 0 Å². The van der Waals surface area contributed by atoms with E-state index in [2.05, 4.69) is 212 Å². The van der Waals surface area contributed by atoms with Gasteiger partial charge in [0.1, 0.15) is 22.3 Å². The molecule has 0 saturated carbocycles. The van der Waals surface area contributed by atoms with Crippen LogP contribution < -0.4 is 0 Å². The molecule has 0 atom stereocenters. The third-order valence-corrected chi connectivity index (χ3v) is 15.3. The van der Waals surface area contributed by atoms with Gasteiger partial charge in [0.25, 0.3) is 0 Å². The molecule has 14 aromatic rings. The Hall–Kier alpha value is -9.97. The number of aromatic nitrogens is 3. The molecule has 0 radical (unpaired) electrons. The molecule has 11 aromatic carbocycles. The summed E-state index contributed by atoms with van der Waals surface area (Å²) in [6.45, 7) is 0. The van der Waals surface area contributed by atoms with Gasteiger partial charge in [-0.15, -0.1) is 0 Å². The highest BCUT2D eigenvalue weighted by Crippen LogP contribution is 2.58. The molecule has 75 heavy (non-hydrogen) atoms. The molecule has 0 N–H and O–H groups in total. The summed E-state index contributed by atoms with van der Waals surface area (Å²) in [7, 11) is 0. The predicted molar refractivity (Wildman–Crippen MR) is 304 cm³/mol. The lowest BCUT2D eigenvalue weighted by Crippen LogP contribution is -2.28. The molecule has 0 spiro atoms. The van der Waals surface area contributed by atoms with Crippen LogP contribution in [0.1, 0.15) is 22.3 Å². The van der Waals surface area contributed by atoms with Gasteiger partial charge in [-0.3, -0.25) is 0 Å². The number of para-hydroxylation sites is 2. The number of nitrogens with zero attached hydrogens (tertiary/aromatic N) is 3. The van der Waals surface area contributed by atoms with E-state index in [0.29, 0.717) is 17.5 Å². The Morgan fingerprint density at radius 3 is 1.60 bits per heavy atom. The first-order valence-electron chi connectivity index (χ1n) is 25.4. The van der Waals surface area contributed by atoms with E-state index in [1.807, 2.05) is 48.5 Å². The fourth-order valence-corrected chi connectivity index (χ4v) is 11.9. The Balaban J connectivity index is 0.860. The van der Waals surface area contributed by atoms with Crippen molar-refractivity contribution in [2.45, 2.75) is 5.41 Å². The lowest BCUT2D eigenvalue weighted by molar-refractivity contribution is 0.668. The summed E-state index contributed by atoms with van der Waals surface area (Å²) in [6, 6.07) is 92.4. The molecular weight excluding hydrogens is 915 g/mol. The number of benzene rings is 11. The fourth-order valence-electron chi connectivity index (χ4n) is 11.9. The quantitative estimate of drug-likeness (QED) is 0.152. The first kappa shape index (κ1) is 42.7. The van der Waals surface area contributed by atoms with Gasteiger partial charge in [-0.05, 0) is 103 Å². The second kappa shape index (κ2) is 17.1. The minimum atomic E-state index is -0.466. The van der Waals surface area contributed by atoms with Crippen molar-refractivity contribution in [3.8, 4) is 78.7 Å². The van der Waals surface area contributed by atoms with Crippen LogP contribution >= 0.6 is 0 Å². The van der Waals surface area contributed by atoms with Crippen LogP contribution in [0.5, 0.6) is 0 Å². The molecule has 3 heterocycles. The highest BCUT2D eigenvalue weighted by atomic mass is 16.3. The molecule has 0 aliphatic heterocycles. The van der Waals surface area contributed by atoms with Crippen molar-refractivity contribution in [1.29, 1.82) is 0 Å². The molecule has 3 aromatic heterocycles. The molecule has 350 valence electrons. The van der Waals surface area contributed by atoms with Crippen molar-refractivity contribution in [1.82, 2.24) is 15.0 Å². The largest absolute Gasteiger partial charge is 0.456 e. The van der Waals surface area contributed by atoms with E-state index < -0.39 is 5.41 Å². The van der Waals surface area contributed by atoms with Crippen LogP contribution in [0.4, 0.5) is 0 Å². The topological polar surface area (TPSA) is 65.0 Å². The van der Waals surface area contributed by atoms with Crippen molar-refractivity contribution in [3.05, 3.63) is 283 Å². The Labute approximate surface area is 432 Å². The average Bonchev–Trinajstić information content (AvgIpc) is 4.17. The SMILES string of the molecule is c1ccc(-c2cccc(-c3nc(-c4cccc5c4oc4ccccc45)nc(-c4cccc5oc6ccc(-c7ccc(-c8cccc9c8-c8ccccc8C9(c8ccccc8)c8ccccc8)cc7)cc6c45)n3)c2)cc1. The molecule has 1 aliphatic carbocycles. The third kappa shape index (κ3) is 6.75. The number of hydrogen-bond acceptors (Lipinski definition) is 5. The van der Waals surface area contributed by atoms with Gasteiger partial charge in [0.2, 0.25) is 0 Å². The summed E-state index contributed by atoms with van der Waals surface area (Å²) in [4.78, 5) is 15.8. The highest BCUT2D eigenvalue weighted by Gasteiger charge is 2.46. The van der Waals surface area contributed by atoms with E-state index in [4.69, 9.17) is 23.8 Å². The van der Waals surface area contributed by atoms with Gasteiger partial charge in [-0.1, -0.05) is 224 Å². The molecule has 5 heteroatoms. The minimum absolute atomic E-state index is 0.466. The number of rotatable bonds is 8. The van der Waals surface area contributed by atoms with Crippen molar-refractivity contribution >= 4 is 43.9 Å². The summed E-state index contributed by atoms with van der Waals surface area (Å²) in [5.41, 5.74) is 19.5. The highest BCUT2D eigenvalue weighted by molar-refractivity contribution is 6.13. The number of hydrogen-bond donors (Lipinski definition) is 0. The zero-order valence-corrected chi connectivity index (χ0v) is 40.5. The molecular formula is C70H43N3O2. The van der Waals surface area contributed by atoms with E-state index in [-0.39, 0.29) is 0 Å². The van der Waals surface area contributed by atoms with Gasteiger partial charge in [-0.2, -0.15) is 0 Å². The van der Waals surface area contributed by atoms with Gasteiger partial charge < -0.3 is 8.83 Å². The fraction of sp³-hybridized carbons (Fsp3) is 0.0143. The molecule has 5 nitrogen and oxygen atoms in total. The number of furan rings is 2. The van der Waals surface area contributed by atoms with Crippen LogP contribution in [0.25, 0.3) is 123 Å².